The molecule has 1 amide bonds. The normalized spacial score (nSPS) is 16.7. The molecule has 1 atom stereocenters. The Balaban J connectivity index is 1.34. The second-order valence-electron chi connectivity index (χ2n) is 7.48. The first-order valence-electron chi connectivity index (χ1n) is 9.87. The Hall–Kier alpha value is -3.18. The molecular weight excluding hydrogens is 364 g/mol. The summed E-state index contributed by atoms with van der Waals surface area (Å²) in [5.41, 5.74) is 2.77. The van der Waals surface area contributed by atoms with E-state index in [2.05, 4.69) is 22.3 Å². The van der Waals surface area contributed by atoms with Gasteiger partial charge in [-0.15, -0.1) is 0 Å². The number of rotatable bonds is 6. The molecule has 0 saturated carbocycles. The minimum atomic E-state index is -0.192. The summed E-state index contributed by atoms with van der Waals surface area (Å²) in [5, 5.41) is 3.08. The number of benzene rings is 2. The number of hydrogen-bond acceptors (Lipinski definition) is 4. The molecule has 0 bridgehead atoms. The van der Waals surface area contributed by atoms with E-state index in [1.807, 2.05) is 30.3 Å². The van der Waals surface area contributed by atoms with Crippen LogP contribution in [0.1, 0.15) is 39.8 Å². The zero-order chi connectivity index (χ0) is 20.2. The Morgan fingerprint density at radius 3 is 2.52 bits per heavy atom. The van der Waals surface area contributed by atoms with Gasteiger partial charge in [-0.3, -0.25) is 14.5 Å². The minimum absolute atomic E-state index is 0.0222. The van der Waals surface area contributed by atoms with Crippen LogP contribution in [0.15, 0.2) is 71.1 Å². The van der Waals surface area contributed by atoms with Crippen LogP contribution in [0.4, 0.5) is 0 Å². The zero-order valence-corrected chi connectivity index (χ0v) is 16.4. The summed E-state index contributed by atoms with van der Waals surface area (Å²) in [5.74, 6) is 0.747. The predicted octanol–water partition coefficient (Wildman–Crippen LogP) is 4.15. The van der Waals surface area contributed by atoms with E-state index in [1.54, 1.807) is 24.3 Å². The van der Waals surface area contributed by atoms with Gasteiger partial charge in [-0.1, -0.05) is 54.6 Å². The van der Waals surface area contributed by atoms with Crippen LogP contribution >= 0.6 is 0 Å². The number of nitrogens with one attached hydrogen (secondary N) is 1. The van der Waals surface area contributed by atoms with E-state index in [1.165, 1.54) is 12.5 Å². The standard InChI is InChI=1S/C24H24N2O3/c1-17(27)19-7-9-20(10-8-19)22-11-12-23(29-22)24(28)25-21-13-14-26(16-21)15-18-5-3-2-4-6-18/h2-12,21H,13-16H2,1H3,(H,25,28). The maximum atomic E-state index is 12.6. The Labute approximate surface area is 170 Å². The van der Waals surface area contributed by atoms with Gasteiger partial charge in [0.25, 0.3) is 5.91 Å². The van der Waals surface area contributed by atoms with Gasteiger partial charge in [0.1, 0.15) is 5.76 Å². The Morgan fingerprint density at radius 1 is 1.03 bits per heavy atom. The van der Waals surface area contributed by atoms with Gasteiger partial charge in [0.15, 0.2) is 11.5 Å². The van der Waals surface area contributed by atoms with E-state index >= 15 is 0 Å². The van der Waals surface area contributed by atoms with E-state index in [0.29, 0.717) is 17.1 Å². The summed E-state index contributed by atoms with van der Waals surface area (Å²) in [4.78, 5) is 26.3. The summed E-state index contributed by atoms with van der Waals surface area (Å²) in [6, 6.07) is 21.2. The fourth-order valence-electron chi connectivity index (χ4n) is 3.68. The molecule has 148 valence electrons. The molecule has 3 aromatic rings. The van der Waals surface area contributed by atoms with Gasteiger partial charge >= 0.3 is 0 Å². The molecule has 5 nitrogen and oxygen atoms in total. The van der Waals surface area contributed by atoms with Crippen molar-refractivity contribution in [1.82, 2.24) is 10.2 Å². The molecule has 2 aromatic carbocycles. The lowest BCUT2D eigenvalue weighted by Gasteiger charge is -2.16. The van der Waals surface area contributed by atoms with Crippen molar-refractivity contribution in [3.63, 3.8) is 0 Å². The third-order valence-electron chi connectivity index (χ3n) is 5.26. The first-order valence-corrected chi connectivity index (χ1v) is 9.87. The van der Waals surface area contributed by atoms with Gasteiger partial charge in [-0.2, -0.15) is 0 Å². The van der Waals surface area contributed by atoms with Gasteiger partial charge in [-0.05, 0) is 31.0 Å². The van der Waals surface area contributed by atoms with Gasteiger partial charge < -0.3 is 9.73 Å². The smallest absolute Gasteiger partial charge is 0.287 e. The highest BCUT2D eigenvalue weighted by Crippen LogP contribution is 2.23. The van der Waals surface area contributed by atoms with Crippen LogP contribution in [-0.2, 0) is 6.54 Å². The van der Waals surface area contributed by atoms with Gasteiger partial charge in [0, 0.05) is 36.8 Å². The maximum absolute atomic E-state index is 12.6. The van der Waals surface area contributed by atoms with Crippen molar-refractivity contribution in [3.05, 3.63) is 83.6 Å². The predicted molar refractivity (Wildman–Crippen MR) is 112 cm³/mol. The zero-order valence-electron chi connectivity index (χ0n) is 16.4. The van der Waals surface area contributed by atoms with Crippen molar-refractivity contribution in [1.29, 1.82) is 0 Å². The van der Waals surface area contributed by atoms with Crippen molar-refractivity contribution in [2.45, 2.75) is 25.9 Å². The molecule has 2 heterocycles. The lowest BCUT2D eigenvalue weighted by atomic mass is 10.1. The lowest BCUT2D eigenvalue weighted by Crippen LogP contribution is -2.36. The van der Waals surface area contributed by atoms with E-state index in [-0.39, 0.29) is 17.7 Å². The molecule has 0 radical (unpaired) electrons. The minimum Gasteiger partial charge on any atom is -0.451 e. The highest BCUT2D eigenvalue weighted by atomic mass is 16.3. The third-order valence-corrected chi connectivity index (χ3v) is 5.26. The Morgan fingerprint density at radius 2 is 1.79 bits per heavy atom. The average Bonchev–Trinajstić information content (AvgIpc) is 3.39. The van der Waals surface area contributed by atoms with Crippen LogP contribution in [0.2, 0.25) is 0 Å². The van der Waals surface area contributed by atoms with Crippen LogP contribution in [0.25, 0.3) is 11.3 Å². The molecule has 1 aromatic heterocycles. The van der Waals surface area contributed by atoms with Crippen molar-refractivity contribution in [2.75, 3.05) is 13.1 Å². The van der Waals surface area contributed by atoms with Crippen molar-refractivity contribution in [2.24, 2.45) is 0 Å². The van der Waals surface area contributed by atoms with Crippen molar-refractivity contribution < 1.29 is 14.0 Å². The monoisotopic (exact) mass is 388 g/mol. The topological polar surface area (TPSA) is 62.6 Å². The van der Waals surface area contributed by atoms with Crippen LogP contribution in [0.5, 0.6) is 0 Å². The number of carbonyl (C=O) groups is 2. The van der Waals surface area contributed by atoms with E-state index in [0.717, 1.165) is 31.6 Å². The third kappa shape index (κ3) is 4.63. The number of likely N-dealkylation sites (tertiary alicyclic amines) is 1. The summed E-state index contributed by atoms with van der Waals surface area (Å²) in [7, 11) is 0. The van der Waals surface area contributed by atoms with Gasteiger partial charge in [0.2, 0.25) is 0 Å². The molecule has 5 heteroatoms. The molecular formula is C24H24N2O3. The summed E-state index contributed by atoms with van der Waals surface area (Å²) in [6.07, 6.45) is 0.929. The van der Waals surface area contributed by atoms with E-state index in [9.17, 15) is 9.59 Å². The Kier molecular flexibility index (Phi) is 5.58. The maximum Gasteiger partial charge on any atom is 0.287 e. The molecule has 1 N–H and O–H groups in total. The number of Topliss-reactive ketones (excluding diaryl/α,β-unsaturated/α-hetero) is 1. The number of nitrogens with zero attached hydrogens (tertiary/aromatic N) is 1. The van der Waals surface area contributed by atoms with E-state index in [4.69, 9.17) is 4.42 Å². The average molecular weight is 388 g/mol. The number of hydrogen-bond donors (Lipinski definition) is 1. The number of furan rings is 1. The quantitative estimate of drug-likeness (QED) is 0.644. The summed E-state index contributed by atoms with van der Waals surface area (Å²) >= 11 is 0. The van der Waals surface area contributed by atoms with Gasteiger partial charge in [-0.25, -0.2) is 0 Å². The molecule has 0 aliphatic carbocycles. The first-order chi connectivity index (χ1) is 14.1. The van der Waals surface area contributed by atoms with Crippen molar-refractivity contribution >= 4 is 11.7 Å². The molecule has 1 unspecified atom stereocenters. The fraction of sp³-hybridized carbons (Fsp3) is 0.250. The number of ketones is 1. The molecule has 1 saturated heterocycles. The fourth-order valence-corrected chi connectivity index (χ4v) is 3.68. The van der Waals surface area contributed by atoms with Crippen LogP contribution in [-0.4, -0.2) is 35.7 Å². The second kappa shape index (κ2) is 8.45. The Bertz CT molecular complexity index is 992. The van der Waals surface area contributed by atoms with Gasteiger partial charge in [0.05, 0.1) is 0 Å². The summed E-state index contributed by atoms with van der Waals surface area (Å²) in [6.45, 7) is 4.23. The largest absolute Gasteiger partial charge is 0.451 e. The molecule has 4 rings (SSSR count). The molecule has 1 fully saturated rings. The summed E-state index contributed by atoms with van der Waals surface area (Å²) < 4.78 is 5.75. The molecule has 1 aliphatic rings. The molecule has 1 aliphatic heterocycles. The van der Waals surface area contributed by atoms with Crippen LogP contribution in [0, 0.1) is 0 Å². The highest BCUT2D eigenvalue weighted by Gasteiger charge is 2.25. The number of amides is 1. The lowest BCUT2D eigenvalue weighted by molar-refractivity contribution is 0.0910. The van der Waals surface area contributed by atoms with E-state index < -0.39 is 0 Å². The van der Waals surface area contributed by atoms with Crippen LogP contribution < -0.4 is 5.32 Å². The highest BCUT2D eigenvalue weighted by molar-refractivity contribution is 5.94. The SMILES string of the molecule is CC(=O)c1ccc(-c2ccc(C(=O)NC3CCN(Cc4ccccc4)C3)o2)cc1. The second-order valence-corrected chi connectivity index (χ2v) is 7.48. The molecule has 0 spiro atoms. The number of carbonyl (C=O) groups excluding carboxylic acids is 2. The molecule has 29 heavy (non-hydrogen) atoms. The van der Waals surface area contributed by atoms with Crippen molar-refractivity contribution in [3.8, 4) is 11.3 Å². The first kappa shape index (κ1) is 19.2. The van der Waals surface area contributed by atoms with Crippen LogP contribution in [0.3, 0.4) is 0 Å².